The quantitative estimate of drug-likeness (QED) is 0.518. The fraction of sp³-hybridized carbons (Fsp3) is 0.0909. The molecule has 0 fully saturated rings. The van der Waals surface area contributed by atoms with Crippen LogP contribution in [0.2, 0.25) is 0 Å². The van der Waals surface area contributed by atoms with Crippen LogP contribution in [-0.4, -0.2) is 10.5 Å². The summed E-state index contributed by atoms with van der Waals surface area (Å²) in [6.45, 7) is 3.58. The van der Waals surface area contributed by atoms with E-state index in [4.69, 9.17) is 0 Å². The van der Waals surface area contributed by atoms with E-state index in [-0.39, 0.29) is 17.1 Å². The molecule has 1 heterocycles. The molecule has 0 unspecified atom stereocenters. The molecule has 0 spiro atoms. The molecule has 0 aliphatic rings. The van der Waals surface area contributed by atoms with E-state index in [2.05, 4.69) is 5.32 Å². The number of halogens is 2. The van der Waals surface area contributed by atoms with E-state index in [1.165, 1.54) is 30.3 Å². The Morgan fingerprint density at radius 1 is 1.07 bits per heavy atom. The molecule has 0 atom stereocenters. The van der Waals surface area contributed by atoms with Gasteiger partial charge in [-0.05, 0) is 55.8 Å². The molecule has 0 aliphatic carbocycles. The molecule has 3 rings (SSSR count). The van der Waals surface area contributed by atoms with Crippen molar-refractivity contribution in [3.8, 4) is 11.8 Å². The van der Waals surface area contributed by atoms with Crippen molar-refractivity contribution in [3.63, 3.8) is 0 Å². The van der Waals surface area contributed by atoms with E-state index in [9.17, 15) is 18.8 Å². The van der Waals surface area contributed by atoms with E-state index >= 15 is 0 Å². The number of para-hydroxylation sites is 2. The lowest BCUT2D eigenvalue weighted by Crippen LogP contribution is -2.14. The van der Waals surface area contributed by atoms with E-state index in [1.54, 1.807) is 41.8 Å². The Hall–Kier alpha value is -3.72. The molecule has 0 saturated carbocycles. The number of aryl methyl sites for hydroxylation is 1. The maximum atomic E-state index is 14.2. The number of nitrogens with zero attached hydrogens (tertiary/aromatic N) is 2. The Kier molecular flexibility index (Phi) is 5.37. The molecule has 3 aromatic rings. The van der Waals surface area contributed by atoms with Gasteiger partial charge in [0.15, 0.2) is 0 Å². The summed E-state index contributed by atoms with van der Waals surface area (Å²) in [6.07, 6.45) is 1.41. The average Bonchev–Trinajstić information content (AvgIpc) is 2.95. The molecule has 1 N–H and O–H groups in total. The topological polar surface area (TPSA) is 57.8 Å². The summed E-state index contributed by atoms with van der Waals surface area (Å²) in [4.78, 5) is 12.4. The first kappa shape index (κ1) is 19.1. The first-order chi connectivity index (χ1) is 13.4. The summed E-state index contributed by atoms with van der Waals surface area (Å²) in [6, 6.07) is 15.7. The van der Waals surface area contributed by atoms with Gasteiger partial charge in [0.05, 0.1) is 11.4 Å². The molecular weight excluding hydrogens is 360 g/mol. The molecule has 0 aliphatic heterocycles. The Bertz CT molecular complexity index is 1120. The monoisotopic (exact) mass is 377 g/mol. The zero-order valence-electron chi connectivity index (χ0n) is 15.3. The van der Waals surface area contributed by atoms with Crippen molar-refractivity contribution >= 4 is 17.7 Å². The normalized spacial score (nSPS) is 11.2. The third kappa shape index (κ3) is 3.69. The number of nitriles is 1. The van der Waals surface area contributed by atoms with E-state index in [0.29, 0.717) is 16.9 Å². The molecule has 140 valence electrons. The van der Waals surface area contributed by atoms with Crippen LogP contribution in [-0.2, 0) is 4.79 Å². The summed E-state index contributed by atoms with van der Waals surface area (Å²) >= 11 is 0. The van der Waals surface area contributed by atoms with Gasteiger partial charge < -0.3 is 9.88 Å². The van der Waals surface area contributed by atoms with Gasteiger partial charge in [-0.3, -0.25) is 4.79 Å². The van der Waals surface area contributed by atoms with Gasteiger partial charge in [0.1, 0.15) is 23.3 Å². The van der Waals surface area contributed by atoms with Crippen molar-refractivity contribution in [1.82, 2.24) is 4.57 Å². The number of nitrogens with one attached hydrogen (secondary N) is 1. The highest BCUT2D eigenvalue weighted by Gasteiger charge is 2.16. The minimum Gasteiger partial charge on any atom is -0.319 e. The number of rotatable bonds is 4. The summed E-state index contributed by atoms with van der Waals surface area (Å²) in [7, 11) is 0. The van der Waals surface area contributed by atoms with Crippen LogP contribution in [0, 0.1) is 36.8 Å². The second kappa shape index (κ2) is 7.89. The molecule has 1 aromatic heterocycles. The van der Waals surface area contributed by atoms with Crippen LogP contribution < -0.4 is 5.32 Å². The SMILES string of the molecule is Cc1cc(/C=C(/C#N)C(=O)Nc2ccccc2F)c(C)n1-c1ccccc1F. The van der Waals surface area contributed by atoms with Crippen LogP contribution in [0.15, 0.2) is 60.2 Å². The van der Waals surface area contributed by atoms with Crippen LogP contribution in [0.3, 0.4) is 0 Å². The van der Waals surface area contributed by atoms with Gasteiger partial charge >= 0.3 is 0 Å². The van der Waals surface area contributed by atoms with E-state index in [1.807, 2.05) is 13.0 Å². The number of carbonyl (C=O) groups is 1. The highest BCUT2D eigenvalue weighted by Crippen LogP contribution is 2.24. The zero-order chi connectivity index (χ0) is 20.3. The van der Waals surface area contributed by atoms with Crippen LogP contribution in [0.25, 0.3) is 11.8 Å². The maximum Gasteiger partial charge on any atom is 0.266 e. The second-order valence-corrected chi connectivity index (χ2v) is 6.22. The number of hydrogen-bond donors (Lipinski definition) is 1. The first-order valence-corrected chi connectivity index (χ1v) is 8.54. The van der Waals surface area contributed by atoms with E-state index < -0.39 is 11.7 Å². The summed E-state index contributed by atoms with van der Waals surface area (Å²) in [5.41, 5.74) is 2.21. The number of carbonyl (C=O) groups excluding carboxylic acids is 1. The van der Waals surface area contributed by atoms with Gasteiger partial charge in [-0.15, -0.1) is 0 Å². The largest absolute Gasteiger partial charge is 0.319 e. The van der Waals surface area contributed by atoms with Gasteiger partial charge in [-0.1, -0.05) is 24.3 Å². The van der Waals surface area contributed by atoms with Gasteiger partial charge in [-0.2, -0.15) is 5.26 Å². The van der Waals surface area contributed by atoms with Crippen molar-refractivity contribution in [2.24, 2.45) is 0 Å². The maximum absolute atomic E-state index is 14.2. The second-order valence-electron chi connectivity index (χ2n) is 6.22. The van der Waals surface area contributed by atoms with Crippen LogP contribution in [0.4, 0.5) is 14.5 Å². The molecule has 0 bridgehead atoms. The van der Waals surface area contributed by atoms with Gasteiger partial charge in [0.25, 0.3) is 5.91 Å². The lowest BCUT2D eigenvalue weighted by molar-refractivity contribution is -0.112. The fourth-order valence-electron chi connectivity index (χ4n) is 2.99. The smallest absolute Gasteiger partial charge is 0.266 e. The lowest BCUT2D eigenvalue weighted by atomic mass is 10.1. The van der Waals surface area contributed by atoms with Crippen molar-refractivity contribution < 1.29 is 13.6 Å². The van der Waals surface area contributed by atoms with Crippen LogP contribution in [0.5, 0.6) is 0 Å². The van der Waals surface area contributed by atoms with Crippen molar-refractivity contribution in [2.75, 3.05) is 5.32 Å². The zero-order valence-corrected chi connectivity index (χ0v) is 15.3. The molecule has 1 amide bonds. The highest BCUT2D eigenvalue weighted by molar-refractivity contribution is 6.09. The van der Waals surface area contributed by atoms with Gasteiger partial charge in [0.2, 0.25) is 0 Å². The standard InChI is InChI=1S/C22H17F2N3O/c1-14-11-16(15(2)27(14)21-10-6-4-8-19(21)24)12-17(13-25)22(28)26-20-9-5-3-7-18(20)23/h3-12H,1-2H3,(H,26,28)/b17-12-. The van der Waals surface area contributed by atoms with Crippen molar-refractivity contribution in [3.05, 3.63) is 88.8 Å². The number of anilines is 1. The average molecular weight is 377 g/mol. The summed E-state index contributed by atoms with van der Waals surface area (Å²) in [5.74, 6) is -1.69. The van der Waals surface area contributed by atoms with Crippen molar-refractivity contribution in [2.45, 2.75) is 13.8 Å². The minimum atomic E-state index is -0.719. The third-order valence-electron chi connectivity index (χ3n) is 4.35. The summed E-state index contributed by atoms with van der Waals surface area (Å²) < 4.78 is 29.6. The molecule has 0 radical (unpaired) electrons. The molecule has 0 saturated heterocycles. The predicted octanol–water partition coefficient (Wildman–Crippen LogP) is 4.92. The fourth-order valence-corrected chi connectivity index (χ4v) is 2.99. The molecule has 6 heteroatoms. The number of amides is 1. The number of hydrogen-bond acceptors (Lipinski definition) is 2. The molecule has 2 aromatic carbocycles. The number of benzene rings is 2. The van der Waals surface area contributed by atoms with E-state index in [0.717, 1.165) is 5.69 Å². The predicted molar refractivity (Wildman–Crippen MR) is 104 cm³/mol. The minimum absolute atomic E-state index is 0.00882. The summed E-state index contributed by atoms with van der Waals surface area (Å²) in [5, 5.41) is 11.8. The Labute approximate surface area is 161 Å². The molecule has 28 heavy (non-hydrogen) atoms. The Balaban J connectivity index is 1.97. The molecular formula is C22H17F2N3O. The highest BCUT2D eigenvalue weighted by atomic mass is 19.1. The molecule has 4 nitrogen and oxygen atoms in total. The first-order valence-electron chi connectivity index (χ1n) is 8.54. The Morgan fingerprint density at radius 2 is 1.71 bits per heavy atom. The van der Waals surface area contributed by atoms with Crippen molar-refractivity contribution in [1.29, 1.82) is 5.26 Å². The Morgan fingerprint density at radius 3 is 2.36 bits per heavy atom. The van der Waals surface area contributed by atoms with Gasteiger partial charge in [-0.25, -0.2) is 8.78 Å². The number of aromatic nitrogens is 1. The lowest BCUT2D eigenvalue weighted by Gasteiger charge is -2.10. The van der Waals surface area contributed by atoms with Crippen LogP contribution >= 0.6 is 0 Å². The third-order valence-corrected chi connectivity index (χ3v) is 4.35. The van der Waals surface area contributed by atoms with Crippen LogP contribution in [0.1, 0.15) is 17.0 Å². The van der Waals surface area contributed by atoms with Gasteiger partial charge in [0, 0.05) is 11.4 Å².